The van der Waals surface area contributed by atoms with Gasteiger partial charge in [-0.05, 0) is 19.2 Å². The van der Waals surface area contributed by atoms with Crippen molar-refractivity contribution in [3.8, 4) is 5.75 Å². The lowest BCUT2D eigenvalue weighted by Crippen LogP contribution is -2.32. The van der Waals surface area contributed by atoms with Gasteiger partial charge in [-0.15, -0.1) is 0 Å². The molecule has 0 fully saturated rings. The third kappa shape index (κ3) is 4.30. The van der Waals surface area contributed by atoms with Crippen LogP contribution >= 0.6 is 0 Å². The van der Waals surface area contributed by atoms with Crippen LogP contribution in [0.5, 0.6) is 5.75 Å². The Hall–Kier alpha value is -1.09. The molecule has 2 nitrogen and oxygen atoms in total. The number of hydrogen-bond donors (Lipinski definition) is 1. The zero-order chi connectivity index (χ0) is 11.3. The second kappa shape index (κ2) is 5.12. The molecule has 84 valence electrons. The van der Waals surface area contributed by atoms with E-state index in [4.69, 9.17) is 4.74 Å². The topological polar surface area (TPSA) is 21.3 Å². The summed E-state index contributed by atoms with van der Waals surface area (Å²) in [6.07, 6.45) is 0. The molecule has 0 bridgehead atoms. The van der Waals surface area contributed by atoms with Gasteiger partial charge in [0.25, 0.3) is 0 Å². The van der Waals surface area contributed by atoms with Crippen molar-refractivity contribution in [1.82, 2.24) is 5.32 Å². The van der Waals surface area contributed by atoms with Gasteiger partial charge in [-0.2, -0.15) is 0 Å². The van der Waals surface area contributed by atoms with Gasteiger partial charge in [0.15, 0.2) is 0 Å². The maximum Gasteiger partial charge on any atom is 0.126 e. The summed E-state index contributed by atoms with van der Waals surface area (Å²) in [7, 11) is 1.91. The fourth-order valence-corrected chi connectivity index (χ4v) is 1.37. The average Bonchev–Trinajstić information content (AvgIpc) is 2.15. The summed E-state index contributed by atoms with van der Waals surface area (Å²) >= 11 is 0. The van der Waals surface area contributed by atoms with E-state index in [9.17, 15) is 4.39 Å². The fraction of sp³-hybridized carbons (Fsp3) is 0.500. The van der Waals surface area contributed by atoms with Gasteiger partial charge in [-0.3, -0.25) is 0 Å². The van der Waals surface area contributed by atoms with Gasteiger partial charge in [0.1, 0.15) is 11.6 Å². The number of benzene rings is 1. The smallest absolute Gasteiger partial charge is 0.126 e. The van der Waals surface area contributed by atoms with Gasteiger partial charge in [0, 0.05) is 18.0 Å². The van der Waals surface area contributed by atoms with E-state index >= 15 is 0 Å². The van der Waals surface area contributed by atoms with Crippen LogP contribution in [0.15, 0.2) is 24.3 Å². The number of ether oxygens (including phenoxy) is 1. The quantitative estimate of drug-likeness (QED) is 0.807. The van der Waals surface area contributed by atoms with E-state index in [0.29, 0.717) is 12.4 Å². The monoisotopic (exact) mass is 211 g/mol. The highest BCUT2D eigenvalue weighted by Gasteiger charge is 2.17. The molecule has 1 aromatic rings. The van der Waals surface area contributed by atoms with Gasteiger partial charge in [0.05, 0.1) is 6.61 Å². The van der Waals surface area contributed by atoms with Crippen molar-refractivity contribution in [2.45, 2.75) is 13.8 Å². The standard InChI is InChI=1S/C12H18FNO/c1-12(2,8-14-3)9-15-11-6-4-5-10(13)7-11/h4-7,14H,8-9H2,1-3H3. The van der Waals surface area contributed by atoms with E-state index in [-0.39, 0.29) is 11.2 Å². The normalized spacial score (nSPS) is 11.5. The summed E-state index contributed by atoms with van der Waals surface area (Å²) in [5.41, 5.74) is 0.0427. The highest BCUT2D eigenvalue weighted by molar-refractivity contribution is 5.22. The first-order valence-electron chi connectivity index (χ1n) is 5.06. The third-order valence-corrected chi connectivity index (χ3v) is 2.08. The van der Waals surface area contributed by atoms with Crippen molar-refractivity contribution in [1.29, 1.82) is 0 Å². The number of nitrogens with one attached hydrogen (secondary N) is 1. The predicted molar refractivity (Wildman–Crippen MR) is 59.6 cm³/mol. The number of halogens is 1. The molecule has 1 aromatic carbocycles. The van der Waals surface area contributed by atoms with E-state index in [1.54, 1.807) is 12.1 Å². The molecule has 0 amide bonds. The molecule has 0 saturated carbocycles. The van der Waals surface area contributed by atoms with E-state index < -0.39 is 0 Å². The first-order valence-corrected chi connectivity index (χ1v) is 5.06. The molecule has 1 N–H and O–H groups in total. The van der Waals surface area contributed by atoms with Crippen molar-refractivity contribution < 1.29 is 9.13 Å². The van der Waals surface area contributed by atoms with Crippen LogP contribution in [0.1, 0.15) is 13.8 Å². The molecule has 0 spiro atoms. The van der Waals surface area contributed by atoms with Crippen LogP contribution in [0.2, 0.25) is 0 Å². The molecule has 0 unspecified atom stereocenters. The molecule has 0 aromatic heterocycles. The van der Waals surface area contributed by atoms with E-state index in [1.807, 2.05) is 7.05 Å². The van der Waals surface area contributed by atoms with Crippen LogP contribution < -0.4 is 10.1 Å². The zero-order valence-electron chi connectivity index (χ0n) is 9.51. The molecule has 3 heteroatoms. The molecule has 0 saturated heterocycles. The van der Waals surface area contributed by atoms with Crippen LogP contribution in [0.25, 0.3) is 0 Å². The van der Waals surface area contributed by atoms with Gasteiger partial charge < -0.3 is 10.1 Å². The van der Waals surface area contributed by atoms with Crippen LogP contribution in [0.3, 0.4) is 0 Å². The first kappa shape index (κ1) is 12.0. The summed E-state index contributed by atoms with van der Waals surface area (Å²) < 4.78 is 18.4. The number of rotatable bonds is 5. The maximum atomic E-state index is 12.8. The Balaban J connectivity index is 2.49. The summed E-state index contributed by atoms with van der Waals surface area (Å²) in [5, 5.41) is 3.10. The third-order valence-electron chi connectivity index (χ3n) is 2.08. The van der Waals surface area contributed by atoms with Crippen LogP contribution in [0.4, 0.5) is 4.39 Å². The SMILES string of the molecule is CNCC(C)(C)COc1cccc(F)c1. The Kier molecular flexibility index (Phi) is 4.09. The zero-order valence-corrected chi connectivity index (χ0v) is 9.51. The van der Waals surface area contributed by atoms with Crippen molar-refractivity contribution in [3.63, 3.8) is 0 Å². The predicted octanol–water partition coefficient (Wildman–Crippen LogP) is 2.45. The van der Waals surface area contributed by atoms with Crippen LogP contribution in [-0.4, -0.2) is 20.2 Å². The summed E-state index contributed by atoms with van der Waals surface area (Å²) in [6.45, 7) is 5.63. The molecule has 1 rings (SSSR count). The van der Waals surface area contributed by atoms with Crippen molar-refractivity contribution in [2.24, 2.45) is 5.41 Å². The highest BCUT2D eigenvalue weighted by atomic mass is 19.1. The molecule has 15 heavy (non-hydrogen) atoms. The minimum atomic E-state index is -0.265. The Morgan fingerprint density at radius 2 is 2.13 bits per heavy atom. The largest absolute Gasteiger partial charge is 0.493 e. The Morgan fingerprint density at radius 1 is 1.40 bits per heavy atom. The van der Waals surface area contributed by atoms with Gasteiger partial charge >= 0.3 is 0 Å². The van der Waals surface area contributed by atoms with Gasteiger partial charge in [-0.1, -0.05) is 19.9 Å². The lowest BCUT2D eigenvalue weighted by Gasteiger charge is -2.24. The fourth-order valence-electron chi connectivity index (χ4n) is 1.37. The maximum absolute atomic E-state index is 12.8. The number of hydrogen-bond acceptors (Lipinski definition) is 2. The Labute approximate surface area is 90.4 Å². The molecule has 0 aliphatic heterocycles. The molecule has 0 heterocycles. The molecular weight excluding hydrogens is 193 g/mol. The molecule has 0 atom stereocenters. The summed E-state index contributed by atoms with van der Waals surface area (Å²) in [5.74, 6) is 0.318. The van der Waals surface area contributed by atoms with Crippen molar-refractivity contribution >= 4 is 0 Å². The molecule has 0 aliphatic carbocycles. The van der Waals surface area contributed by atoms with Gasteiger partial charge in [-0.25, -0.2) is 4.39 Å². The van der Waals surface area contributed by atoms with Crippen molar-refractivity contribution in [2.75, 3.05) is 20.2 Å². The van der Waals surface area contributed by atoms with Crippen LogP contribution in [-0.2, 0) is 0 Å². The average molecular weight is 211 g/mol. The van der Waals surface area contributed by atoms with Crippen LogP contribution in [0, 0.1) is 11.2 Å². The minimum Gasteiger partial charge on any atom is -0.493 e. The Bertz CT molecular complexity index is 312. The lowest BCUT2D eigenvalue weighted by atomic mass is 9.95. The second-order valence-electron chi connectivity index (χ2n) is 4.44. The second-order valence-corrected chi connectivity index (χ2v) is 4.44. The molecule has 0 aliphatic rings. The van der Waals surface area contributed by atoms with E-state index in [2.05, 4.69) is 19.2 Å². The summed E-state index contributed by atoms with van der Waals surface area (Å²) in [4.78, 5) is 0. The van der Waals surface area contributed by atoms with Gasteiger partial charge in [0.2, 0.25) is 0 Å². The highest BCUT2D eigenvalue weighted by Crippen LogP contribution is 2.18. The first-order chi connectivity index (χ1) is 7.03. The van der Waals surface area contributed by atoms with Crippen molar-refractivity contribution in [3.05, 3.63) is 30.1 Å². The Morgan fingerprint density at radius 3 is 2.73 bits per heavy atom. The summed E-state index contributed by atoms with van der Waals surface area (Å²) in [6, 6.07) is 6.22. The molecular formula is C12H18FNO. The van der Waals surface area contributed by atoms with E-state index in [1.165, 1.54) is 12.1 Å². The lowest BCUT2D eigenvalue weighted by molar-refractivity contribution is 0.178. The minimum absolute atomic E-state index is 0.0427. The van der Waals surface area contributed by atoms with E-state index in [0.717, 1.165) is 6.54 Å². The molecule has 0 radical (unpaired) electrons.